The van der Waals surface area contributed by atoms with Crippen molar-refractivity contribution in [3.05, 3.63) is 68.2 Å². The number of amides is 1. The maximum absolute atomic E-state index is 13.1. The van der Waals surface area contributed by atoms with Gasteiger partial charge in [-0.1, -0.05) is 12.1 Å². The SMILES string of the molecule is Cc1cn(CC(=O)N2C[C@H](C(=O)O)[C@@H](c3ccc(F)cc3)C2)c(=O)[nH]c1=O. The minimum absolute atomic E-state index is 0.00665. The lowest BCUT2D eigenvalue weighted by molar-refractivity contribution is -0.141. The van der Waals surface area contributed by atoms with Crippen molar-refractivity contribution in [3.63, 3.8) is 0 Å². The first-order valence-corrected chi connectivity index (χ1v) is 8.32. The Labute approximate surface area is 152 Å². The largest absolute Gasteiger partial charge is 0.481 e. The molecule has 1 aromatic heterocycles. The fourth-order valence-electron chi connectivity index (χ4n) is 3.29. The van der Waals surface area contributed by atoms with Crippen LogP contribution in [0.25, 0.3) is 0 Å². The van der Waals surface area contributed by atoms with Gasteiger partial charge < -0.3 is 10.0 Å². The minimum Gasteiger partial charge on any atom is -0.481 e. The van der Waals surface area contributed by atoms with E-state index in [4.69, 9.17) is 0 Å². The fourth-order valence-corrected chi connectivity index (χ4v) is 3.29. The van der Waals surface area contributed by atoms with Crippen LogP contribution in [0.5, 0.6) is 0 Å². The molecular weight excluding hydrogens is 357 g/mol. The molecule has 0 spiro atoms. The molecule has 0 saturated carbocycles. The molecule has 2 heterocycles. The van der Waals surface area contributed by atoms with E-state index in [9.17, 15) is 28.7 Å². The van der Waals surface area contributed by atoms with Crippen LogP contribution in [0.3, 0.4) is 0 Å². The summed E-state index contributed by atoms with van der Waals surface area (Å²) in [7, 11) is 0. The second-order valence-electron chi connectivity index (χ2n) is 6.60. The van der Waals surface area contributed by atoms with E-state index in [1.807, 2.05) is 0 Å². The molecule has 9 heteroatoms. The molecule has 1 saturated heterocycles. The summed E-state index contributed by atoms with van der Waals surface area (Å²) >= 11 is 0. The van der Waals surface area contributed by atoms with Gasteiger partial charge in [-0.3, -0.25) is 23.9 Å². The van der Waals surface area contributed by atoms with E-state index in [2.05, 4.69) is 4.98 Å². The summed E-state index contributed by atoms with van der Waals surface area (Å²) in [5.41, 5.74) is -0.303. The molecule has 0 aliphatic carbocycles. The molecule has 1 aromatic carbocycles. The lowest BCUT2D eigenvalue weighted by atomic mass is 9.89. The summed E-state index contributed by atoms with van der Waals surface area (Å²) in [6.45, 7) is 1.35. The van der Waals surface area contributed by atoms with Crippen LogP contribution in [0.1, 0.15) is 17.0 Å². The average molecular weight is 375 g/mol. The first-order chi connectivity index (χ1) is 12.8. The van der Waals surface area contributed by atoms with Crippen LogP contribution in [0, 0.1) is 18.7 Å². The molecule has 0 radical (unpaired) electrons. The molecule has 8 nitrogen and oxygen atoms in total. The van der Waals surface area contributed by atoms with E-state index in [0.717, 1.165) is 4.57 Å². The number of rotatable bonds is 4. The third-order valence-corrected chi connectivity index (χ3v) is 4.78. The Morgan fingerprint density at radius 2 is 1.89 bits per heavy atom. The number of aryl methyl sites for hydroxylation is 1. The predicted octanol–water partition coefficient (Wildman–Crippen LogP) is 0.311. The molecule has 1 aliphatic rings. The first kappa shape index (κ1) is 18.6. The first-order valence-electron chi connectivity index (χ1n) is 8.32. The number of nitrogens with one attached hydrogen (secondary N) is 1. The molecule has 0 unspecified atom stereocenters. The van der Waals surface area contributed by atoms with Crippen molar-refractivity contribution in [2.24, 2.45) is 5.92 Å². The van der Waals surface area contributed by atoms with Gasteiger partial charge in [0.05, 0.1) is 5.92 Å². The van der Waals surface area contributed by atoms with Gasteiger partial charge in [0.25, 0.3) is 5.56 Å². The van der Waals surface area contributed by atoms with Crippen LogP contribution in [0.15, 0.2) is 40.1 Å². The summed E-state index contributed by atoms with van der Waals surface area (Å²) in [5.74, 6) is -3.20. The van der Waals surface area contributed by atoms with E-state index >= 15 is 0 Å². The van der Waals surface area contributed by atoms with Gasteiger partial charge in [0, 0.05) is 30.8 Å². The Hall–Kier alpha value is -3.23. The summed E-state index contributed by atoms with van der Waals surface area (Å²) < 4.78 is 14.2. The molecule has 27 heavy (non-hydrogen) atoms. The van der Waals surface area contributed by atoms with Crippen LogP contribution < -0.4 is 11.2 Å². The van der Waals surface area contributed by atoms with Crippen molar-refractivity contribution in [1.82, 2.24) is 14.5 Å². The molecule has 3 rings (SSSR count). The maximum atomic E-state index is 13.1. The summed E-state index contributed by atoms with van der Waals surface area (Å²) in [6.07, 6.45) is 1.29. The van der Waals surface area contributed by atoms with Gasteiger partial charge >= 0.3 is 11.7 Å². The van der Waals surface area contributed by atoms with Crippen molar-refractivity contribution in [2.75, 3.05) is 13.1 Å². The number of carboxylic acids is 1. The molecule has 2 aromatic rings. The third-order valence-electron chi connectivity index (χ3n) is 4.78. The molecule has 1 amide bonds. The molecule has 0 bridgehead atoms. The van der Waals surface area contributed by atoms with Gasteiger partial charge in [0.15, 0.2) is 0 Å². The number of aliphatic carboxylic acids is 1. The predicted molar refractivity (Wildman–Crippen MR) is 92.9 cm³/mol. The fraction of sp³-hybridized carbons (Fsp3) is 0.333. The van der Waals surface area contributed by atoms with Crippen LogP contribution >= 0.6 is 0 Å². The van der Waals surface area contributed by atoms with Crippen molar-refractivity contribution < 1.29 is 19.1 Å². The number of aromatic nitrogens is 2. The van der Waals surface area contributed by atoms with Crippen molar-refractivity contribution >= 4 is 11.9 Å². The highest BCUT2D eigenvalue weighted by Gasteiger charge is 2.40. The maximum Gasteiger partial charge on any atom is 0.328 e. The number of carboxylic acid groups (broad SMARTS) is 1. The lowest BCUT2D eigenvalue weighted by Crippen LogP contribution is -2.38. The van der Waals surface area contributed by atoms with Gasteiger partial charge in [-0.05, 0) is 24.6 Å². The Bertz CT molecular complexity index is 995. The average Bonchev–Trinajstić information content (AvgIpc) is 3.06. The molecule has 2 atom stereocenters. The van der Waals surface area contributed by atoms with E-state index in [-0.39, 0.29) is 25.2 Å². The second-order valence-corrected chi connectivity index (χ2v) is 6.60. The van der Waals surface area contributed by atoms with Gasteiger partial charge in [0.1, 0.15) is 12.4 Å². The number of H-pyrrole nitrogens is 1. The summed E-state index contributed by atoms with van der Waals surface area (Å²) in [4.78, 5) is 50.9. The highest BCUT2D eigenvalue weighted by Crippen LogP contribution is 2.33. The van der Waals surface area contributed by atoms with Crippen molar-refractivity contribution in [1.29, 1.82) is 0 Å². The highest BCUT2D eigenvalue weighted by molar-refractivity contribution is 5.79. The quantitative estimate of drug-likeness (QED) is 0.799. The Balaban J connectivity index is 1.81. The van der Waals surface area contributed by atoms with Crippen LogP contribution in [-0.4, -0.2) is 44.5 Å². The summed E-state index contributed by atoms with van der Waals surface area (Å²) in [6, 6.07) is 5.53. The number of nitrogens with zero attached hydrogens (tertiary/aromatic N) is 2. The highest BCUT2D eigenvalue weighted by atomic mass is 19.1. The van der Waals surface area contributed by atoms with Crippen molar-refractivity contribution in [3.8, 4) is 0 Å². The van der Waals surface area contributed by atoms with Crippen molar-refractivity contribution in [2.45, 2.75) is 19.4 Å². The van der Waals surface area contributed by atoms with E-state index in [1.54, 1.807) is 0 Å². The topological polar surface area (TPSA) is 112 Å². The van der Waals surface area contributed by atoms with E-state index in [1.165, 1.54) is 42.3 Å². The van der Waals surface area contributed by atoms with Crippen LogP contribution in [0.2, 0.25) is 0 Å². The number of carbonyl (C=O) groups excluding carboxylic acids is 1. The second kappa shape index (κ2) is 7.18. The summed E-state index contributed by atoms with van der Waals surface area (Å²) in [5, 5.41) is 9.49. The van der Waals surface area contributed by atoms with Gasteiger partial charge in [-0.15, -0.1) is 0 Å². The smallest absolute Gasteiger partial charge is 0.328 e. The zero-order valence-electron chi connectivity index (χ0n) is 14.5. The number of aromatic amines is 1. The van der Waals surface area contributed by atoms with Crippen LogP contribution in [-0.2, 0) is 16.1 Å². The molecule has 2 N–H and O–H groups in total. The molecule has 1 fully saturated rings. The number of carbonyl (C=O) groups is 2. The molecule has 142 valence electrons. The Morgan fingerprint density at radius 1 is 1.22 bits per heavy atom. The number of halogens is 1. The van der Waals surface area contributed by atoms with Gasteiger partial charge in [0.2, 0.25) is 5.91 Å². The van der Waals surface area contributed by atoms with E-state index in [0.29, 0.717) is 5.56 Å². The minimum atomic E-state index is -1.04. The standard InChI is InChI=1S/C18H18FN3O5/c1-10-6-22(18(27)20-16(10)24)9-15(23)21-7-13(14(8-21)17(25)26)11-2-4-12(19)5-3-11/h2-6,13-14H,7-9H2,1H3,(H,25,26)(H,20,24,27)/t13-,14+/m1/s1. The monoisotopic (exact) mass is 375 g/mol. The Morgan fingerprint density at radius 3 is 2.52 bits per heavy atom. The molecular formula is C18H18FN3O5. The van der Waals surface area contributed by atoms with Gasteiger partial charge in [-0.25, -0.2) is 9.18 Å². The number of hydrogen-bond acceptors (Lipinski definition) is 4. The normalized spacial score (nSPS) is 19.3. The zero-order chi connectivity index (χ0) is 19.7. The zero-order valence-corrected chi connectivity index (χ0v) is 14.5. The van der Waals surface area contributed by atoms with E-state index < -0.39 is 40.8 Å². The van der Waals surface area contributed by atoms with Crippen LogP contribution in [0.4, 0.5) is 4.39 Å². The number of likely N-dealkylation sites (tertiary alicyclic amines) is 1. The van der Waals surface area contributed by atoms with Gasteiger partial charge in [-0.2, -0.15) is 0 Å². The molecule has 1 aliphatic heterocycles. The third kappa shape index (κ3) is 3.81. The lowest BCUT2D eigenvalue weighted by Gasteiger charge is -2.17. The number of hydrogen-bond donors (Lipinski definition) is 2. The number of benzene rings is 1. The Kier molecular flexibility index (Phi) is 4.93.